The maximum Gasteiger partial charge on any atom is 0.256 e. The number of nitrogens with zero attached hydrogens (tertiary/aromatic N) is 1. The molecule has 2 heterocycles. The predicted molar refractivity (Wildman–Crippen MR) is 158 cm³/mol. The minimum atomic E-state index is -3.27. The molecule has 0 bridgehead atoms. The van der Waals surface area contributed by atoms with Gasteiger partial charge in [-0.25, -0.2) is 17.2 Å². The molecule has 2 amide bonds. The smallest absolute Gasteiger partial charge is 0.256 e. The SMILES string of the molecule is C/C=C/F.C/C=C/F.CCN(CC)CCNC(=O)c1c(C)[nH]c(/C=C2\C(=O)NC3=CCC(S(C)(=O)=O)C=C32)c1C. The molecular weight excluding hydrogens is 538 g/mol. The number of aromatic nitrogens is 1. The van der Waals surface area contributed by atoms with Gasteiger partial charge in [0.2, 0.25) is 0 Å². The number of fused-ring (bicyclic) bond motifs is 1. The van der Waals surface area contributed by atoms with Crippen LogP contribution in [0.2, 0.25) is 0 Å². The number of carbonyl (C=O) groups excluding carboxylic acids is 2. The molecule has 1 saturated heterocycles. The molecule has 1 atom stereocenters. The summed E-state index contributed by atoms with van der Waals surface area (Å²) in [7, 11) is -3.27. The van der Waals surface area contributed by atoms with Crippen LogP contribution >= 0.6 is 0 Å². The lowest BCUT2D eigenvalue weighted by Gasteiger charge is -2.18. The molecule has 2 aliphatic rings. The molecule has 0 saturated carbocycles. The maximum absolute atomic E-state index is 12.8. The van der Waals surface area contributed by atoms with Crippen LogP contribution in [0.1, 0.15) is 61.4 Å². The summed E-state index contributed by atoms with van der Waals surface area (Å²) in [6.45, 7) is 14.3. The first-order valence-electron chi connectivity index (χ1n) is 13.2. The summed E-state index contributed by atoms with van der Waals surface area (Å²) in [5, 5.41) is 5.12. The van der Waals surface area contributed by atoms with E-state index < -0.39 is 15.1 Å². The molecule has 3 rings (SSSR count). The van der Waals surface area contributed by atoms with Crippen molar-refractivity contribution in [2.45, 2.75) is 53.2 Å². The predicted octanol–water partition coefficient (Wildman–Crippen LogP) is 4.82. The van der Waals surface area contributed by atoms with E-state index in [1.165, 1.54) is 18.4 Å². The van der Waals surface area contributed by atoms with Crippen LogP contribution in [0.4, 0.5) is 8.78 Å². The van der Waals surface area contributed by atoms with Gasteiger partial charge in [-0.15, -0.1) is 0 Å². The molecular formula is C29H42F2N4O4S. The monoisotopic (exact) mass is 580 g/mol. The van der Waals surface area contributed by atoms with Crippen molar-refractivity contribution in [2.24, 2.45) is 0 Å². The minimum absolute atomic E-state index is 0.154. The van der Waals surface area contributed by atoms with Crippen LogP contribution in [0.15, 0.2) is 53.8 Å². The standard InChI is InChI=1S/C23H32N4O4S.2C3H5F/c1-6-27(7-2)11-10-24-23(29)21-14(3)20(25-15(21)4)13-18-17-12-16(32(5,30)31)8-9-19(17)26-22(18)28;2*1-2-3-4/h9,12-13,16,25H,6-8,10-11H2,1-5H3,(H,24,29)(H,26,28);2*2-3H,1H3/b18-13-;2*3-2+. The van der Waals surface area contributed by atoms with Crippen LogP contribution in [0, 0.1) is 13.8 Å². The van der Waals surface area contributed by atoms with Crippen LogP contribution in [-0.4, -0.2) is 67.8 Å². The van der Waals surface area contributed by atoms with Gasteiger partial charge in [0.1, 0.15) is 0 Å². The summed E-state index contributed by atoms with van der Waals surface area (Å²) in [6, 6.07) is 0. The number of amides is 2. The molecule has 40 heavy (non-hydrogen) atoms. The number of allylic oxidation sites excluding steroid dienone is 4. The Balaban J connectivity index is 0.000000883. The number of aryl methyl sites for hydroxylation is 1. The summed E-state index contributed by atoms with van der Waals surface area (Å²) >= 11 is 0. The van der Waals surface area contributed by atoms with E-state index in [0.717, 1.165) is 30.9 Å². The number of H-pyrrole nitrogens is 1. The molecule has 1 unspecified atom stereocenters. The third kappa shape index (κ3) is 9.71. The molecule has 8 nitrogen and oxygen atoms in total. The van der Waals surface area contributed by atoms with E-state index in [2.05, 4.69) is 34.4 Å². The lowest BCUT2D eigenvalue weighted by molar-refractivity contribution is -0.115. The van der Waals surface area contributed by atoms with E-state index in [9.17, 15) is 26.8 Å². The first-order valence-corrected chi connectivity index (χ1v) is 15.1. The largest absolute Gasteiger partial charge is 0.358 e. The number of rotatable bonds is 8. The Bertz CT molecular complexity index is 1270. The van der Waals surface area contributed by atoms with Crippen molar-refractivity contribution < 1.29 is 26.8 Å². The number of carbonyl (C=O) groups is 2. The van der Waals surface area contributed by atoms with Gasteiger partial charge in [-0.05, 0) is 58.8 Å². The summed E-state index contributed by atoms with van der Waals surface area (Å²) in [4.78, 5) is 30.8. The van der Waals surface area contributed by atoms with E-state index in [-0.39, 0.29) is 11.8 Å². The normalized spacial score (nSPS) is 17.6. The zero-order chi connectivity index (χ0) is 30.5. The van der Waals surface area contributed by atoms with E-state index in [4.69, 9.17) is 0 Å². The van der Waals surface area contributed by atoms with E-state index in [1.807, 2.05) is 13.8 Å². The zero-order valence-corrected chi connectivity index (χ0v) is 25.2. The van der Waals surface area contributed by atoms with Crippen LogP contribution < -0.4 is 10.6 Å². The lowest BCUT2D eigenvalue weighted by Crippen LogP contribution is -2.35. The Morgan fingerprint density at radius 1 is 1.15 bits per heavy atom. The Morgan fingerprint density at radius 2 is 1.73 bits per heavy atom. The second kappa shape index (κ2) is 16.7. The fraction of sp³-hybridized carbons (Fsp3) is 0.448. The van der Waals surface area contributed by atoms with Gasteiger partial charge >= 0.3 is 0 Å². The Hall–Kier alpha value is -3.31. The number of halogens is 2. The quantitative estimate of drug-likeness (QED) is 0.382. The molecule has 222 valence electrons. The third-order valence-corrected chi connectivity index (χ3v) is 7.81. The van der Waals surface area contributed by atoms with Crippen molar-refractivity contribution in [3.63, 3.8) is 0 Å². The van der Waals surface area contributed by atoms with Crippen LogP contribution in [0.5, 0.6) is 0 Å². The van der Waals surface area contributed by atoms with Gasteiger partial charge < -0.3 is 20.5 Å². The Kier molecular flexibility index (Phi) is 14.5. The van der Waals surface area contributed by atoms with Gasteiger partial charge in [0.05, 0.1) is 29.0 Å². The summed E-state index contributed by atoms with van der Waals surface area (Å²) < 4.78 is 45.1. The van der Waals surface area contributed by atoms with Crippen molar-refractivity contribution >= 4 is 27.7 Å². The van der Waals surface area contributed by atoms with Crippen molar-refractivity contribution in [1.29, 1.82) is 0 Å². The average molecular weight is 581 g/mol. The number of hydrogen-bond donors (Lipinski definition) is 3. The first kappa shape index (κ1) is 34.7. The third-order valence-electron chi connectivity index (χ3n) is 6.38. The van der Waals surface area contributed by atoms with Crippen molar-refractivity contribution in [1.82, 2.24) is 20.5 Å². The topological polar surface area (TPSA) is 111 Å². The highest BCUT2D eigenvalue weighted by atomic mass is 32.2. The number of likely N-dealkylation sites (N-methyl/N-ethyl adjacent to an activating group) is 1. The van der Waals surface area contributed by atoms with E-state index in [1.54, 1.807) is 32.1 Å². The minimum Gasteiger partial charge on any atom is -0.358 e. The van der Waals surface area contributed by atoms with Gasteiger partial charge in [0.15, 0.2) is 9.84 Å². The van der Waals surface area contributed by atoms with Crippen LogP contribution in [0.3, 0.4) is 0 Å². The number of hydrogen-bond acceptors (Lipinski definition) is 5. The fourth-order valence-electron chi connectivity index (χ4n) is 4.15. The number of aromatic amines is 1. The Labute approximate surface area is 236 Å². The summed E-state index contributed by atoms with van der Waals surface area (Å²) in [5.74, 6) is -0.438. The molecule has 3 N–H and O–H groups in total. The van der Waals surface area contributed by atoms with Gasteiger partial charge in [-0.3, -0.25) is 9.59 Å². The molecule has 0 radical (unpaired) electrons. The van der Waals surface area contributed by atoms with Crippen LogP contribution in [0.25, 0.3) is 6.08 Å². The second-order valence-electron chi connectivity index (χ2n) is 9.18. The highest BCUT2D eigenvalue weighted by Gasteiger charge is 2.33. The Morgan fingerprint density at radius 3 is 2.23 bits per heavy atom. The fourth-order valence-corrected chi connectivity index (χ4v) is 4.98. The van der Waals surface area contributed by atoms with Crippen molar-refractivity contribution in [2.75, 3.05) is 32.4 Å². The first-order chi connectivity index (χ1) is 18.9. The van der Waals surface area contributed by atoms with E-state index in [0.29, 0.717) is 53.7 Å². The van der Waals surface area contributed by atoms with Gasteiger partial charge in [-0.1, -0.05) is 38.2 Å². The highest BCUT2D eigenvalue weighted by Crippen LogP contribution is 2.33. The average Bonchev–Trinajstić information content (AvgIpc) is 3.39. The summed E-state index contributed by atoms with van der Waals surface area (Å²) in [6.07, 6.45) is 10.3. The number of sulfone groups is 1. The van der Waals surface area contributed by atoms with Crippen LogP contribution in [-0.2, 0) is 14.6 Å². The molecule has 1 aliphatic heterocycles. The second-order valence-corrected chi connectivity index (χ2v) is 11.4. The molecule has 11 heteroatoms. The van der Waals surface area contributed by atoms with E-state index >= 15 is 0 Å². The summed E-state index contributed by atoms with van der Waals surface area (Å²) in [5.41, 5.74) is 4.31. The van der Waals surface area contributed by atoms with Crippen molar-refractivity contribution in [3.05, 3.63) is 76.3 Å². The van der Waals surface area contributed by atoms with Gasteiger partial charge in [0, 0.05) is 42.0 Å². The molecule has 0 aromatic carbocycles. The van der Waals surface area contributed by atoms with Crippen molar-refractivity contribution in [3.8, 4) is 0 Å². The molecule has 0 spiro atoms. The molecule has 1 aromatic rings. The highest BCUT2D eigenvalue weighted by molar-refractivity contribution is 7.91. The van der Waals surface area contributed by atoms with Gasteiger partial charge in [0.25, 0.3) is 11.8 Å². The molecule has 1 fully saturated rings. The zero-order valence-electron chi connectivity index (χ0n) is 24.4. The van der Waals surface area contributed by atoms with Gasteiger partial charge in [-0.2, -0.15) is 0 Å². The lowest BCUT2D eigenvalue weighted by atomic mass is 9.98. The molecule has 1 aromatic heterocycles. The number of nitrogens with one attached hydrogen (secondary N) is 3. The molecule has 1 aliphatic carbocycles. The maximum atomic E-state index is 12.8.